The Kier molecular flexibility index (Phi) is 3.02. The third-order valence-electron chi connectivity index (χ3n) is 2.92. The molecule has 0 N–H and O–H groups in total. The first-order valence-corrected chi connectivity index (χ1v) is 6.09. The summed E-state index contributed by atoms with van der Waals surface area (Å²) in [6.07, 6.45) is 3.09. The van der Waals surface area contributed by atoms with Gasteiger partial charge in [0.25, 0.3) is 5.89 Å². The first kappa shape index (κ1) is 11.3. The van der Waals surface area contributed by atoms with E-state index in [0.29, 0.717) is 17.4 Å². The van der Waals surface area contributed by atoms with E-state index in [0.717, 1.165) is 31.6 Å². The second-order valence-corrected chi connectivity index (χ2v) is 4.37. The number of aryl methyl sites for hydroxylation is 1. The molecule has 6 nitrogen and oxygen atoms in total. The molecule has 0 bridgehead atoms. The average molecular weight is 246 g/mol. The van der Waals surface area contributed by atoms with Crippen LogP contribution in [0.3, 0.4) is 0 Å². The normalized spacial score (nSPS) is 19.9. The lowest BCUT2D eigenvalue weighted by atomic mass is 10.1. The third-order valence-corrected chi connectivity index (χ3v) is 2.92. The van der Waals surface area contributed by atoms with Gasteiger partial charge in [0.15, 0.2) is 0 Å². The van der Waals surface area contributed by atoms with E-state index in [1.807, 2.05) is 19.1 Å². The summed E-state index contributed by atoms with van der Waals surface area (Å²) in [5.74, 6) is 0.999. The smallest absolute Gasteiger partial charge is 0.256 e. The molecule has 2 aromatic heterocycles. The second kappa shape index (κ2) is 4.81. The number of nitrogens with zero attached hydrogens (tertiary/aromatic N) is 4. The van der Waals surface area contributed by atoms with Gasteiger partial charge < -0.3 is 9.26 Å². The molecule has 1 atom stereocenters. The summed E-state index contributed by atoms with van der Waals surface area (Å²) in [4.78, 5) is 4.33. The minimum absolute atomic E-state index is 0.0709. The van der Waals surface area contributed by atoms with Gasteiger partial charge in [0.05, 0.1) is 5.69 Å². The average Bonchev–Trinajstić information content (AvgIpc) is 2.90. The molecule has 0 amide bonds. The Balaban J connectivity index is 1.82. The van der Waals surface area contributed by atoms with Crippen molar-refractivity contribution in [2.75, 3.05) is 6.61 Å². The largest absolute Gasteiger partial charge is 0.368 e. The van der Waals surface area contributed by atoms with Gasteiger partial charge in [-0.05, 0) is 38.3 Å². The van der Waals surface area contributed by atoms with Gasteiger partial charge in [-0.25, -0.2) is 0 Å². The summed E-state index contributed by atoms with van der Waals surface area (Å²) in [6.45, 7) is 2.64. The lowest BCUT2D eigenvalue weighted by Crippen LogP contribution is -2.11. The molecule has 94 valence electrons. The molecule has 0 aliphatic carbocycles. The zero-order valence-corrected chi connectivity index (χ0v) is 10.2. The Hall–Kier alpha value is -1.82. The standard InChI is InChI=1S/C12H14N4O2/c1-8-5-6-9(15-14-8)11-13-12(18-16-11)10-4-2-3-7-17-10/h5-6,10H,2-4,7H2,1H3/t10-/m0/s1. The topological polar surface area (TPSA) is 73.9 Å². The Morgan fingerprint density at radius 3 is 2.89 bits per heavy atom. The van der Waals surface area contributed by atoms with E-state index in [4.69, 9.17) is 9.26 Å². The molecule has 3 heterocycles. The van der Waals surface area contributed by atoms with Crippen molar-refractivity contribution in [2.24, 2.45) is 0 Å². The fraction of sp³-hybridized carbons (Fsp3) is 0.500. The lowest BCUT2D eigenvalue weighted by molar-refractivity contribution is -0.00459. The molecule has 0 unspecified atom stereocenters. The highest BCUT2D eigenvalue weighted by molar-refractivity contribution is 5.46. The van der Waals surface area contributed by atoms with Gasteiger partial charge in [-0.3, -0.25) is 0 Å². The van der Waals surface area contributed by atoms with Gasteiger partial charge in [0, 0.05) is 6.61 Å². The SMILES string of the molecule is Cc1ccc(-c2noc([C@@H]3CCCCO3)n2)nn1. The zero-order chi connectivity index (χ0) is 12.4. The monoisotopic (exact) mass is 246 g/mol. The van der Waals surface area contributed by atoms with Crippen LogP contribution in [0.4, 0.5) is 0 Å². The van der Waals surface area contributed by atoms with Crippen LogP contribution in [0.15, 0.2) is 16.7 Å². The molecule has 0 spiro atoms. The van der Waals surface area contributed by atoms with Crippen molar-refractivity contribution in [2.45, 2.75) is 32.3 Å². The van der Waals surface area contributed by atoms with Crippen molar-refractivity contribution in [3.8, 4) is 11.5 Å². The maximum absolute atomic E-state index is 5.60. The van der Waals surface area contributed by atoms with Crippen LogP contribution in [0.1, 0.15) is 37.0 Å². The van der Waals surface area contributed by atoms with E-state index in [-0.39, 0.29) is 6.10 Å². The Bertz CT molecular complexity index is 517. The maximum atomic E-state index is 5.60. The molecule has 1 aliphatic rings. The molecule has 6 heteroatoms. The van der Waals surface area contributed by atoms with Crippen molar-refractivity contribution >= 4 is 0 Å². The van der Waals surface area contributed by atoms with Crippen molar-refractivity contribution in [1.29, 1.82) is 0 Å². The van der Waals surface area contributed by atoms with Crippen LogP contribution >= 0.6 is 0 Å². The minimum atomic E-state index is -0.0709. The number of aromatic nitrogens is 4. The quantitative estimate of drug-likeness (QED) is 0.807. The first-order chi connectivity index (χ1) is 8.83. The molecule has 3 rings (SSSR count). The molecular weight excluding hydrogens is 232 g/mol. The molecule has 0 aromatic carbocycles. The predicted molar refractivity (Wildman–Crippen MR) is 62.6 cm³/mol. The highest BCUT2D eigenvalue weighted by Crippen LogP contribution is 2.27. The number of hydrogen-bond donors (Lipinski definition) is 0. The van der Waals surface area contributed by atoms with Gasteiger partial charge in [-0.2, -0.15) is 10.1 Å². The molecule has 0 saturated carbocycles. The van der Waals surface area contributed by atoms with Crippen LogP contribution in [-0.2, 0) is 4.74 Å². The Morgan fingerprint density at radius 1 is 1.22 bits per heavy atom. The minimum Gasteiger partial charge on any atom is -0.368 e. The summed E-state index contributed by atoms with van der Waals surface area (Å²) < 4.78 is 10.8. The molecule has 1 aliphatic heterocycles. The molecule has 1 saturated heterocycles. The molecular formula is C12H14N4O2. The first-order valence-electron chi connectivity index (χ1n) is 6.09. The lowest BCUT2D eigenvalue weighted by Gasteiger charge is -2.18. The van der Waals surface area contributed by atoms with E-state index in [9.17, 15) is 0 Å². The molecule has 0 radical (unpaired) electrons. The van der Waals surface area contributed by atoms with Gasteiger partial charge in [-0.15, -0.1) is 5.10 Å². The van der Waals surface area contributed by atoms with Gasteiger partial charge >= 0.3 is 0 Å². The highest BCUT2D eigenvalue weighted by Gasteiger charge is 2.23. The van der Waals surface area contributed by atoms with Crippen molar-refractivity contribution < 1.29 is 9.26 Å². The van der Waals surface area contributed by atoms with Crippen LogP contribution in [-0.4, -0.2) is 26.9 Å². The van der Waals surface area contributed by atoms with E-state index >= 15 is 0 Å². The summed E-state index contributed by atoms with van der Waals surface area (Å²) in [5.41, 5.74) is 1.48. The van der Waals surface area contributed by atoms with Gasteiger partial charge in [0.1, 0.15) is 11.8 Å². The zero-order valence-electron chi connectivity index (χ0n) is 10.2. The maximum Gasteiger partial charge on any atom is 0.256 e. The van der Waals surface area contributed by atoms with E-state index in [1.54, 1.807) is 0 Å². The highest BCUT2D eigenvalue weighted by atomic mass is 16.5. The molecule has 1 fully saturated rings. The van der Waals surface area contributed by atoms with Crippen LogP contribution < -0.4 is 0 Å². The van der Waals surface area contributed by atoms with Crippen LogP contribution in [0.25, 0.3) is 11.5 Å². The second-order valence-electron chi connectivity index (χ2n) is 4.37. The fourth-order valence-corrected chi connectivity index (χ4v) is 1.92. The third kappa shape index (κ3) is 2.24. The summed E-state index contributed by atoms with van der Waals surface area (Å²) >= 11 is 0. The van der Waals surface area contributed by atoms with Crippen LogP contribution in [0, 0.1) is 6.92 Å². The van der Waals surface area contributed by atoms with Crippen LogP contribution in [0.2, 0.25) is 0 Å². The van der Waals surface area contributed by atoms with Crippen molar-refractivity contribution in [1.82, 2.24) is 20.3 Å². The predicted octanol–water partition coefficient (Wildman–Crippen LogP) is 2.08. The Morgan fingerprint density at radius 2 is 2.17 bits per heavy atom. The molecule has 2 aromatic rings. The van der Waals surface area contributed by atoms with Crippen molar-refractivity contribution in [3.63, 3.8) is 0 Å². The Labute approximate surface area is 104 Å². The van der Waals surface area contributed by atoms with Gasteiger partial charge in [-0.1, -0.05) is 5.16 Å². The summed E-state index contributed by atoms with van der Waals surface area (Å²) in [5, 5.41) is 11.9. The number of ether oxygens (including phenoxy) is 1. The molecule has 18 heavy (non-hydrogen) atoms. The summed E-state index contributed by atoms with van der Waals surface area (Å²) in [7, 11) is 0. The number of hydrogen-bond acceptors (Lipinski definition) is 6. The van der Waals surface area contributed by atoms with E-state index < -0.39 is 0 Å². The van der Waals surface area contributed by atoms with Gasteiger partial charge in [0.2, 0.25) is 5.82 Å². The van der Waals surface area contributed by atoms with E-state index in [1.165, 1.54) is 0 Å². The fourth-order valence-electron chi connectivity index (χ4n) is 1.92. The van der Waals surface area contributed by atoms with E-state index in [2.05, 4.69) is 20.3 Å². The number of rotatable bonds is 2. The summed E-state index contributed by atoms with van der Waals surface area (Å²) in [6, 6.07) is 3.70. The van der Waals surface area contributed by atoms with Crippen molar-refractivity contribution in [3.05, 3.63) is 23.7 Å². The van der Waals surface area contributed by atoms with Crippen LogP contribution in [0.5, 0.6) is 0 Å².